The molecular formula is C9H13N3O5S. The Morgan fingerprint density at radius 3 is 2.61 bits per heavy atom. The van der Waals surface area contributed by atoms with E-state index in [0.717, 1.165) is 12.1 Å². The summed E-state index contributed by atoms with van der Waals surface area (Å²) < 4.78 is 22.2. The van der Waals surface area contributed by atoms with Gasteiger partial charge in [0.15, 0.2) is 0 Å². The first kappa shape index (κ1) is 14.4. The SMILES string of the molecule is C[C@H](O)CNc1ccc(S(N)(=O)=O)cc1[N+](=O)[O-]. The van der Waals surface area contributed by atoms with Crippen molar-refractivity contribution in [3.63, 3.8) is 0 Å². The molecule has 0 saturated heterocycles. The second-order valence-corrected chi connectivity index (χ2v) is 5.27. The average molecular weight is 275 g/mol. The van der Waals surface area contributed by atoms with Crippen LogP contribution < -0.4 is 10.5 Å². The molecule has 1 aromatic carbocycles. The summed E-state index contributed by atoms with van der Waals surface area (Å²) in [7, 11) is -3.99. The van der Waals surface area contributed by atoms with Gasteiger partial charge in [-0.3, -0.25) is 10.1 Å². The maximum atomic E-state index is 11.1. The molecule has 0 unspecified atom stereocenters. The van der Waals surface area contributed by atoms with Crippen LogP contribution in [0.1, 0.15) is 6.92 Å². The van der Waals surface area contributed by atoms with Crippen molar-refractivity contribution in [1.82, 2.24) is 0 Å². The number of anilines is 1. The van der Waals surface area contributed by atoms with Gasteiger partial charge in [-0.05, 0) is 19.1 Å². The maximum Gasteiger partial charge on any atom is 0.293 e. The number of nitro groups is 1. The second-order valence-electron chi connectivity index (χ2n) is 3.71. The molecule has 1 atom stereocenters. The molecule has 0 aliphatic carbocycles. The molecule has 0 heterocycles. The van der Waals surface area contributed by atoms with Gasteiger partial charge < -0.3 is 10.4 Å². The Morgan fingerprint density at radius 2 is 2.17 bits per heavy atom. The van der Waals surface area contributed by atoms with Crippen LogP contribution in [0.25, 0.3) is 0 Å². The lowest BCUT2D eigenvalue weighted by Gasteiger charge is -2.09. The van der Waals surface area contributed by atoms with Gasteiger partial charge in [0.05, 0.1) is 15.9 Å². The third kappa shape index (κ3) is 3.65. The molecule has 8 nitrogen and oxygen atoms in total. The highest BCUT2D eigenvalue weighted by Gasteiger charge is 2.18. The van der Waals surface area contributed by atoms with E-state index >= 15 is 0 Å². The highest BCUT2D eigenvalue weighted by Crippen LogP contribution is 2.26. The van der Waals surface area contributed by atoms with Gasteiger partial charge >= 0.3 is 0 Å². The van der Waals surface area contributed by atoms with Crippen LogP contribution in [0.4, 0.5) is 11.4 Å². The zero-order valence-electron chi connectivity index (χ0n) is 9.53. The molecule has 0 fully saturated rings. The van der Waals surface area contributed by atoms with Crippen LogP contribution in [0, 0.1) is 10.1 Å². The topological polar surface area (TPSA) is 136 Å². The summed E-state index contributed by atoms with van der Waals surface area (Å²) >= 11 is 0. The number of nitrogens with zero attached hydrogens (tertiary/aromatic N) is 1. The van der Waals surface area contributed by atoms with Gasteiger partial charge in [-0.25, -0.2) is 13.6 Å². The van der Waals surface area contributed by atoms with Crippen molar-refractivity contribution in [1.29, 1.82) is 0 Å². The predicted octanol–water partition coefficient (Wildman–Crippen LogP) is 0.0349. The minimum absolute atomic E-state index is 0.107. The van der Waals surface area contributed by atoms with E-state index in [9.17, 15) is 18.5 Å². The Hall–Kier alpha value is -1.71. The number of hydrogen-bond acceptors (Lipinski definition) is 6. The molecule has 0 spiro atoms. The third-order valence-electron chi connectivity index (χ3n) is 2.08. The molecule has 100 valence electrons. The Bertz CT molecular complexity index is 555. The van der Waals surface area contributed by atoms with Crippen LogP contribution in [-0.4, -0.2) is 31.1 Å². The van der Waals surface area contributed by atoms with E-state index < -0.39 is 26.7 Å². The summed E-state index contributed by atoms with van der Waals surface area (Å²) in [5, 5.41) is 27.4. The van der Waals surface area contributed by atoms with E-state index in [2.05, 4.69) is 5.32 Å². The molecule has 0 bridgehead atoms. The smallest absolute Gasteiger partial charge is 0.293 e. The fourth-order valence-corrected chi connectivity index (χ4v) is 1.78. The zero-order chi connectivity index (χ0) is 13.9. The Balaban J connectivity index is 3.17. The molecule has 0 aliphatic rings. The van der Waals surface area contributed by atoms with Crippen molar-refractivity contribution in [2.45, 2.75) is 17.9 Å². The number of rotatable bonds is 5. The monoisotopic (exact) mass is 275 g/mol. The number of sulfonamides is 1. The molecule has 0 saturated carbocycles. The van der Waals surface area contributed by atoms with Gasteiger partial charge in [0, 0.05) is 12.6 Å². The van der Waals surface area contributed by atoms with Crippen LogP contribution >= 0.6 is 0 Å². The van der Waals surface area contributed by atoms with Gasteiger partial charge in [-0.2, -0.15) is 0 Å². The first-order valence-electron chi connectivity index (χ1n) is 4.95. The average Bonchev–Trinajstić information content (AvgIpc) is 2.24. The summed E-state index contributed by atoms with van der Waals surface area (Å²) in [6, 6.07) is 3.27. The number of hydrogen-bond donors (Lipinski definition) is 3. The Labute approximate surface area is 104 Å². The van der Waals surface area contributed by atoms with Gasteiger partial charge in [0.25, 0.3) is 5.69 Å². The number of nitro benzene ring substituents is 1. The number of aliphatic hydroxyl groups is 1. The summed E-state index contributed by atoms with van der Waals surface area (Å²) in [6.07, 6.45) is -0.692. The van der Waals surface area contributed by atoms with Crippen LogP contribution in [-0.2, 0) is 10.0 Å². The lowest BCUT2D eigenvalue weighted by atomic mass is 10.2. The Morgan fingerprint density at radius 1 is 1.56 bits per heavy atom. The number of nitrogens with one attached hydrogen (secondary N) is 1. The van der Waals surface area contributed by atoms with E-state index in [1.165, 1.54) is 13.0 Å². The van der Waals surface area contributed by atoms with Crippen molar-refractivity contribution in [2.75, 3.05) is 11.9 Å². The molecule has 0 amide bonds. The molecule has 1 rings (SSSR count). The summed E-state index contributed by atoms with van der Waals surface area (Å²) in [5.41, 5.74) is -0.296. The zero-order valence-corrected chi connectivity index (χ0v) is 10.3. The van der Waals surface area contributed by atoms with Crippen LogP contribution in [0.2, 0.25) is 0 Å². The van der Waals surface area contributed by atoms with Crippen LogP contribution in [0.15, 0.2) is 23.1 Å². The number of benzene rings is 1. The molecule has 1 aromatic rings. The number of aliphatic hydroxyl groups excluding tert-OH is 1. The molecule has 0 radical (unpaired) electrons. The molecule has 0 aromatic heterocycles. The van der Waals surface area contributed by atoms with E-state index in [4.69, 9.17) is 10.2 Å². The van der Waals surface area contributed by atoms with E-state index in [-0.39, 0.29) is 17.1 Å². The summed E-state index contributed by atoms with van der Waals surface area (Å²) in [4.78, 5) is 9.75. The number of nitrogens with two attached hydrogens (primary N) is 1. The third-order valence-corrected chi connectivity index (χ3v) is 2.99. The lowest BCUT2D eigenvalue weighted by Crippen LogP contribution is -2.17. The normalized spacial score (nSPS) is 13.1. The van der Waals surface area contributed by atoms with Crippen molar-refractivity contribution in [2.24, 2.45) is 5.14 Å². The van der Waals surface area contributed by atoms with Crippen molar-refractivity contribution >= 4 is 21.4 Å². The van der Waals surface area contributed by atoms with Gasteiger partial charge in [-0.1, -0.05) is 0 Å². The molecule has 9 heteroatoms. The van der Waals surface area contributed by atoms with Gasteiger partial charge in [0.1, 0.15) is 5.69 Å². The fourth-order valence-electron chi connectivity index (χ4n) is 1.25. The lowest BCUT2D eigenvalue weighted by molar-refractivity contribution is -0.384. The maximum absolute atomic E-state index is 11.1. The van der Waals surface area contributed by atoms with E-state index in [1.54, 1.807) is 0 Å². The minimum atomic E-state index is -3.99. The first-order chi connectivity index (χ1) is 8.21. The highest BCUT2D eigenvalue weighted by molar-refractivity contribution is 7.89. The molecular weight excluding hydrogens is 262 g/mol. The highest BCUT2D eigenvalue weighted by atomic mass is 32.2. The van der Waals surface area contributed by atoms with E-state index in [0.29, 0.717) is 0 Å². The first-order valence-corrected chi connectivity index (χ1v) is 6.49. The fraction of sp³-hybridized carbons (Fsp3) is 0.333. The standard InChI is InChI=1S/C9H13N3O5S/c1-6(13)5-11-8-3-2-7(18(10,16)17)4-9(8)12(14)15/h2-4,6,11,13H,5H2,1H3,(H2,10,16,17)/t6-/m0/s1. The minimum Gasteiger partial charge on any atom is -0.392 e. The van der Waals surface area contributed by atoms with Crippen LogP contribution in [0.5, 0.6) is 0 Å². The predicted molar refractivity (Wildman–Crippen MR) is 64.6 cm³/mol. The summed E-state index contributed by atoms with van der Waals surface area (Å²) in [5.74, 6) is 0. The van der Waals surface area contributed by atoms with Crippen LogP contribution in [0.3, 0.4) is 0 Å². The van der Waals surface area contributed by atoms with E-state index in [1.807, 2.05) is 0 Å². The largest absolute Gasteiger partial charge is 0.392 e. The molecule has 0 aliphatic heterocycles. The van der Waals surface area contributed by atoms with Crippen molar-refractivity contribution < 1.29 is 18.4 Å². The van der Waals surface area contributed by atoms with Gasteiger partial charge in [-0.15, -0.1) is 0 Å². The van der Waals surface area contributed by atoms with Gasteiger partial charge in [0.2, 0.25) is 10.0 Å². The Kier molecular flexibility index (Phi) is 4.22. The van der Waals surface area contributed by atoms with Crippen molar-refractivity contribution in [3.8, 4) is 0 Å². The summed E-state index contributed by atoms with van der Waals surface area (Å²) in [6.45, 7) is 1.62. The second kappa shape index (κ2) is 5.29. The number of primary sulfonamides is 1. The quantitative estimate of drug-likeness (QED) is 0.512. The molecule has 4 N–H and O–H groups in total. The molecule has 18 heavy (non-hydrogen) atoms. The van der Waals surface area contributed by atoms with Crippen molar-refractivity contribution in [3.05, 3.63) is 28.3 Å².